The molecule has 1 aliphatic heterocycles. The van der Waals surface area contributed by atoms with Crippen molar-refractivity contribution in [1.29, 1.82) is 0 Å². The van der Waals surface area contributed by atoms with E-state index in [0.717, 1.165) is 12.2 Å². The largest absolute Gasteiger partial charge is 0.348 e. The van der Waals surface area contributed by atoms with E-state index in [-0.39, 0.29) is 17.9 Å². The molecule has 0 radical (unpaired) electrons. The van der Waals surface area contributed by atoms with E-state index < -0.39 is 6.04 Å². The first-order valence-electron chi connectivity index (χ1n) is 7.54. The molecule has 1 aliphatic rings. The lowest BCUT2D eigenvalue weighted by Gasteiger charge is -2.37. The lowest BCUT2D eigenvalue weighted by molar-refractivity contribution is 0.165. The van der Waals surface area contributed by atoms with Crippen molar-refractivity contribution in [3.8, 4) is 0 Å². The average molecular weight is 301 g/mol. The van der Waals surface area contributed by atoms with Gasteiger partial charge in [-0.25, -0.2) is 9.18 Å². The van der Waals surface area contributed by atoms with Crippen LogP contribution < -0.4 is 5.32 Å². The van der Waals surface area contributed by atoms with E-state index in [0.29, 0.717) is 12.1 Å². The van der Waals surface area contributed by atoms with Crippen LogP contribution >= 0.6 is 0 Å². The van der Waals surface area contributed by atoms with Crippen LogP contribution in [0.25, 0.3) is 0 Å². The lowest BCUT2D eigenvalue weighted by Crippen LogP contribution is -2.49. The molecule has 4 nitrogen and oxygen atoms in total. The Morgan fingerprint density at radius 2 is 2.00 bits per heavy atom. The molecule has 22 heavy (non-hydrogen) atoms. The molecule has 2 aromatic rings. The Kier molecular flexibility index (Phi) is 3.88. The number of fused-ring (bicyclic) bond motifs is 1. The van der Waals surface area contributed by atoms with Gasteiger partial charge in [0.15, 0.2) is 0 Å². The summed E-state index contributed by atoms with van der Waals surface area (Å²) in [4.78, 5) is 14.2. The zero-order valence-electron chi connectivity index (χ0n) is 12.8. The number of hydrogen-bond acceptors (Lipinski definition) is 1. The summed E-state index contributed by atoms with van der Waals surface area (Å²) in [6.07, 6.45) is 1.97. The Morgan fingerprint density at radius 3 is 2.73 bits per heavy atom. The van der Waals surface area contributed by atoms with E-state index >= 15 is 0 Å². The normalized spacial score (nSPS) is 17.5. The summed E-state index contributed by atoms with van der Waals surface area (Å²) in [5.41, 5.74) is 1.47. The van der Waals surface area contributed by atoms with E-state index in [1.807, 2.05) is 32.2 Å². The molecule has 1 aromatic heterocycles. The molecule has 2 amide bonds. The number of amides is 2. The van der Waals surface area contributed by atoms with Gasteiger partial charge in [0.1, 0.15) is 11.9 Å². The van der Waals surface area contributed by atoms with Crippen molar-refractivity contribution in [2.75, 3.05) is 6.54 Å². The number of urea groups is 1. The maximum absolute atomic E-state index is 14.3. The summed E-state index contributed by atoms with van der Waals surface area (Å²) in [5.74, 6) is -0.288. The Balaban J connectivity index is 2.04. The number of carbonyl (C=O) groups is 1. The maximum atomic E-state index is 14.3. The molecule has 116 valence electrons. The van der Waals surface area contributed by atoms with Crippen LogP contribution in [-0.2, 0) is 6.54 Å². The smallest absolute Gasteiger partial charge is 0.318 e. The van der Waals surface area contributed by atoms with Gasteiger partial charge in [0.25, 0.3) is 0 Å². The van der Waals surface area contributed by atoms with Crippen LogP contribution in [0.1, 0.15) is 31.1 Å². The van der Waals surface area contributed by atoms with E-state index in [4.69, 9.17) is 0 Å². The van der Waals surface area contributed by atoms with Gasteiger partial charge in [-0.05, 0) is 32.0 Å². The number of rotatable bonds is 2. The standard InChI is InChI=1S/C17H20FN3O/c1-12(2)19-17(22)21-11-10-20-9-5-8-15(20)16(21)13-6-3-4-7-14(13)18/h3-9,12,16H,10-11H2,1-2H3,(H,19,22)/t16-/m0/s1. The quantitative estimate of drug-likeness (QED) is 0.909. The van der Waals surface area contributed by atoms with Crippen LogP contribution in [0.5, 0.6) is 0 Å². The first-order valence-corrected chi connectivity index (χ1v) is 7.54. The van der Waals surface area contributed by atoms with Gasteiger partial charge in [-0.2, -0.15) is 0 Å². The number of nitrogens with zero attached hydrogens (tertiary/aromatic N) is 2. The average Bonchev–Trinajstić information content (AvgIpc) is 2.94. The number of nitrogens with one attached hydrogen (secondary N) is 1. The Morgan fingerprint density at radius 1 is 1.23 bits per heavy atom. The van der Waals surface area contributed by atoms with Gasteiger partial charge in [-0.1, -0.05) is 18.2 Å². The zero-order valence-corrected chi connectivity index (χ0v) is 12.8. The molecule has 2 heterocycles. The minimum absolute atomic E-state index is 0.0440. The third-order valence-corrected chi connectivity index (χ3v) is 3.91. The summed E-state index contributed by atoms with van der Waals surface area (Å²) < 4.78 is 16.4. The maximum Gasteiger partial charge on any atom is 0.318 e. The van der Waals surface area contributed by atoms with Crippen LogP contribution in [0.3, 0.4) is 0 Å². The number of halogens is 1. The van der Waals surface area contributed by atoms with Crippen LogP contribution in [0.2, 0.25) is 0 Å². The highest BCUT2D eigenvalue weighted by atomic mass is 19.1. The number of hydrogen-bond donors (Lipinski definition) is 1. The first-order chi connectivity index (χ1) is 10.6. The van der Waals surface area contributed by atoms with Crippen molar-refractivity contribution in [2.24, 2.45) is 0 Å². The molecule has 0 spiro atoms. The second-order valence-corrected chi connectivity index (χ2v) is 5.85. The molecular weight excluding hydrogens is 281 g/mol. The van der Waals surface area contributed by atoms with E-state index in [1.54, 1.807) is 23.1 Å². The first kappa shape index (κ1) is 14.6. The van der Waals surface area contributed by atoms with Crippen molar-refractivity contribution in [1.82, 2.24) is 14.8 Å². The van der Waals surface area contributed by atoms with Crippen molar-refractivity contribution in [3.05, 3.63) is 59.7 Å². The molecular formula is C17H20FN3O. The van der Waals surface area contributed by atoms with Gasteiger partial charge < -0.3 is 14.8 Å². The highest BCUT2D eigenvalue weighted by Crippen LogP contribution is 2.33. The van der Waals surface area contributed by atoms with Crippen LogP contribution in [-0.4, -0.2) is 28.1 Å². The molecule has 0 saturated carbocycles. The number of benzene rings is 1. The Labute approximate surface area is 129 Å². The van der Waals surface area contributed by atoms with Crippen molar-refractivity contribution < 1.29 is 9.18 Å². The molecule has 0 unspecified atom stereocenters. The van der Waals surface area contributed by atoms with Gasteiger partial charge >= 0.3 is 6.03 Å². The van der Waals surface area contributed by atoms with Crippen molar-refractivity contribution >= 4 is 6.03 Å². The molecule has 5 heteroatoms. The molecule has 0 aliphatic carbocycles. The fourth-order valence-electron chi connectivity index (χ4n) is 2.96. The van der Waals surface area contributed by atoms with Crippen molar-refractivity contribution in [3.63, 3.8) is 0 Å². The third-order valence-electron chi connectivity index (χ3n) is 3.91. The van der Waals surface area contributed by atoms with Gasteiger partial charge in [-0.15, -0.1) is 0 Å². The zero-order chi connectivity index (χ0) is 15.7. The van der Waals surface area contributed by atoms with E-state index in [1.165, 1.54) is 6.07 Å². The predicted molar refractivity (Wildman–Crippen MR) is 83.0 cm³/mol. The van der Waals surface area contributed by atoms with Gasteiger partial charge in [0, 0.05) is 36.6 Å². The highest BCUT2D eigenvalue weighted by Gasteiger charge is 2.33. The van der Waals surface area contributed by atoms with E-state index in [2.05, 4.69) is 9.88 Å². The van der Waals surface area contributed by atoms with Gasteiger partial charge in [0.05, 0.1) is 0 Å². The molecule has 0 bridgehead atoms. The van der Waals surface area contributed by atoms with Gasteiger partial charge in [0.2, 0.25) is 0 Å². The molecule has 1 N–H and O–H groups in total. The van der Waals surface area contributed by atoms with Crippen LogP contribution in [0.4, 0.5) is 9.18 Å². The Bertz CT molecular complexity index is 680. The van der Waals surface area contributed by atoms with Crippen LogP contribution in [0, 0.1) is 5.82 Å². The summed E-state index contributed by atoms with van der Waals surface area (Å²) in [6, 6.07) is 10.0. The Hall–Kier alpha value is -2.30. The van der Waals surface area contributed by atoms with E-state index in [9.17, 15) is 9.18 Å². The lowest BCUT2D eigenvalue weighted by atomic mass is 9.99. The number of carbonyl (C=O) groups excluding carboxylic acids is 1. The molecule has 1 atom stereocenters. The highest BCUT2D eigenvalue weighted by molar-refractivity contribution is 5.75. The fourth-order valence-corrected chi connectivity index (χ4v) is 2.96. The summed E-state index contributed by atoms with van der Waals surface area (Å²) in [7, 11) is 0. The third kappa shape index (κ3) is 2.58. The fraction of sp³-hybridized carbons (Fsp3) is 0.353. The van der Waals surface area contributed by atoms with Gasteiger partial charge in [-0.3, -0.25) is 0 Å². The number of aromatic nitrogens is 1. The minimum Gasteiger partial charge on any atom is -0.348 e. The van der Waals surface area contributed by atoms with Crippen molar-refractivity contribution in [2.45, 2.75) is 32.5 Å². The SMILES string of the molecule is CC(C)NC(=O)N1CCn2cccc2[C@@H]1c1ccccc1F. The summed E-state index contributed by atoms with van der Waals surface area (Å²) >= 11 is 0. The predicted octanol–water partition coefficient (Wildman–Crippen LogP) is 3.15. The summed E-state index contributed by atoms with van der Waals surface area (Å²) in [6.45, 7) is 5.11. The molecule has 0 fully saturated rings. The minimum atomic E-state index is -0.399. The van der Waals surface area contributed by atoms with Crippen LogP contribution in [0.15, 0.2) is 42.6 Å². The topological polar surface area (TPSA) is 37.3 Å². The second-order valence-electron chi connectivity index (χ2n) is 5.85. The molecule has 0 saturated heterocycles. The summed E-state index contributed by atoms with van der Waals surface area (Å²) in [5, 5.41) is 2.91. The monoisotopic (exact) mass is 301 g/mol. The molecule has 1 aromatic carbocycles. The second kappa shape index (κ2) is 5.83. The molecule has 3 rings (SSSR count).